The highest BCUT2D eigenvalue weighted by Crippen LogP contribution is 2.11. The van der Waals surface area contributed by atoms with E-state index in [1.165, 1.54) is 11.1 Å². The molecule has 2 unspecified atom stereocenters. The first kappa shape index (κ1) is 14.2. The Morgan fingerprint density at radius 1 is 1.24 bits per heavy atom. The highest BCUT2D eigenvalue weighted by atomic mass is 16.5. The third-order valence-corrected chi connectivity index (χ3v) is 3.02. The molecule has 1 aromatic carbocycles. The molecule has 17 heavy (non-hydrogen) atoms. The first-order valence-corrected chi connectivity index (χ1v) is 6.34. The predicted molar refractivity (Wildman–Crippen MR) is 71.7 cm³/mol. The molecule has 0 aromatic heterocycles. The molecule has 0 aliphatic heterocycles. The van der Waals surface area contributed by atoms with Gasteiger partial charge in [-0.1, -0.05) is 36.8 Å². The molecule has 3 N–H and O–H groups in total. The van der Waals surface area contributed by atoms with Gasteiger partial charge in [0.1, 0.15) is 0 Å². The van der Waals surface area contributed by atoms with Gasteiger partial charge < -0.3 is 4.74 Å². The molecule has 0 aliphatic rings. The lowest BCUT2D eigenvalue weighted by molar-refractivity contribution is 0.0319. The quantitative estimate of drug-likeness (QED) is 0.563. The van der Waals surface area contributed by atoms with Crippen LogP contribution in [-0.2, 0) is 11.2 Å². The maximum atomic E-state index is 5.70. The van der Waals surface area contributed by atoms with Crippen LogP contribution >= 0.6 is 0 Å². The van der Waals surface area contributed by atoms with E-state index in [1.54, 1.807) is 0 Å². The Balaban J connectivity index is 2.64. The molecule has 2 atom stereocenters. The Labute approximate surface area is 104 Å². The molecule has 0 saturated heterocycles. The highest BCUT2D eigenvalue weighted by molar-refractivity contribution is 5.22. The van der Waals surface area contributed by atoms with E-state index in [9.17, 15) is 0 Å². The van der Waals surface area contributed by atoms with Crippen molar-refractivity contribution in [3.8, 4) is 0 Å². The van der Waals surface area contributed by atoms with Gasteiger partial charge in [-0.05, 0) is 32.3 Å². The van der Waals surface area contributed by atoms with Crippen molar-refractivity contribution in [1.29, 1.82) is 0 Å². The Kier molecular flexibility index (Phi) is 6.19. The fourth-order valence-electron chi connectivity index (χ4n) is 2.01. The van der Waals surface area contributed by atoms with Gasteiger partial charge in [0.05, 0.1) is 12.1 Å². The number of hydrogen-bond acceptors (Lipinski definition) is 3. The van der Waals surface area contributed by atoms with E-state index in [-0.39, 0.29) is 12.1 Å². The lowest BCUT2D eigenvalue weighted by atomic mass is 9.99. The van der Waals surface area contributed by atoms with Crippen LogP contribution in [-0.4, -0.2) is 18.8 Å². The summed E-state index contributed by atoms with van der Waals surface area (Å²) in [6, 6.07) is 8.73. The summed E-state index contributed by atoms with van der Waals surface area (Å²) < 4.78 is 5.70. The van der Waals surface area contributed by atoms with Crippen LogP contribution in [0.4, 0.5) is 0 Å². The van der Waals surface area contributed by atoms with E-state index >= 15 is 0 Å². The monoisotopic (exact) mass is 236 g/mol. The summed E-state index contributed by atoms with van der Waals surface area (Å²) in [6.45, 7) is 6.96. The summed E-state index contributed by atoms with van der Waals surface area (Å²) in [6.07, 6.45) is 2.04. The molecule has 0 radical (unpaired) electrons. The second-order valence-electron chi connectivity index (χ2n) is 4.36. The predicted octanol–water partition coefficient (Wildman–Crippen LogP) is 2.18. The normalized spacial score (nSPS) is 14.6. The van der Waals surface area contributed by atoms with E-state index in [4.69, 9.17) is 10.6 Å². The number of hydrogen-bond donors (Lipinski definition) is 2. The molecule has 0 saturated carbocycles. The average Bonchev–Trinajstić information content (AvgIpc) is 2.36. The van der Waals surface area contributed by atoms with Gasteiger partial charge in [-0.25, -0.2) is 0 Å². The van der Waals surface area contributed by atoms with Gasteiger partial charge in [0, 0.05) is 6.61 Å². The minimum Gasteiger partial charge on any atom is -0.377 e. The van der Waals surface area contributed by atoms with Crippen molar-refractivity contribution in [2.45, 2.75) is 45.8 Å². The molecular formula is C14H24N2O. The smallest absolute Gasteiger partial charge is 0.0741 e. The lowest BCUT2D eigenvalue weighted by Crippen LogP contribution is -2.46. The first-order valence-electron chi connectivity index (χ1n) is 6.34. The minimum absolute atomic E-state index is 0.169. The van der Waals surface area contributed by atoms with Crippen molar-refractivity contribution in [1.82, 2.24) is 5.43 Å². The van der Waals surface area contributed by atoms with Crippen LogP contribution in [0, 0.1) is 6.92 Å². The zero-order valence-corrected chi connectivity index (χ0v) is 11.1. The molecule has 3 heteroatoms. The summed E-state index contributed by atoms with van der Waals surface area (Å²) >= 11 is 0. The van der Waals surface area contributed by atoms with Crippen LogP contribution in [0.15, 0.2) is 24.3 Å². The number of ether oxygens (including phenoxy) is 1. The van der Waals surface area contributed by atoms with E-state index in [0.717, 1.165) is 19.4 Å². The molecule has 3 nitrogen and oxygen atoms in total. The zero-order valence-electron chi connectivity index (χ0n) is 11.1. The molecule has 0 spiro atoms. The van der Waals surface area contributed by atoms with Crippen LogP contribution in [0.5, 0.6) is 0 Å². The molecule has 0 fully saturated rings. The number of aryl methyl sites for hydroxylation is 1. The van der Waals surface area contributed by atoms with Gasteiger partial charge in [-0.3, -0.25) is 11.3 Å². The standard InChI is InChI=1S/C14H24N2O/c1-4-14(17-5-2)13(16-15)10-12-8-6-11(3)7-9-12/h6-9,13-14,16H,4-5,10,15H2,1-3H3. The van der Waals surface area contributed by atoms with Crippen molar-refractivity contribution in [2.24, 2.45) is 5.84 Å². The van der Waals surface area contributed by atoms with Crippen LogP contribution < -0.4 is 11.3 Å². The molecule has 0 aliphatic carbocycles. The molecule has 0 heterocycles. The fraction of sp³-hybridized carbons (Fsp3) is 0.571. The second kappa shape index (κ2) is 7.43. The second-order valence-corrected chi connectivity index (χ2v) is 4.36. The SMILES string of the molecule is CCOC(CC)C(Cc1ccc(C)cc1)NN. The van der Waals surface area contributed by atoms with Crippen LogP contribution in [0.1, 0.15) is 31.4 Å². The average molecular weight is 236 g/mol. The third kappa shape index (κ3) is 4.46. The lowest BCUT2D eigenvalue weighted by Gasteiger charge is -2.25. The first-order chi connectivity index (χ1) is 8.21. The Bertz CT molecular complexity index is 311. The molecular weight excluding hydrogens is 212 g/mol. The van der Waals surface area contributed by atoms with E-state index in [1.807, 2.05) is 6.92 Å². The number of nitrogens with one attached hydrogen (secondary N) is 1. The van der Waals surface area contributed by atoms with Gasteiger partial charge >= 0.3 is 0 Å². The summed E-state index contributed by atoms with van der Waals surface area (Å²) in [4.78, 5) is 0. The highest BCUT2D eigenvalue weighted by Gasteiger charge is 2.19. The van der Waals surface area contributed by atoms with Crippen molar-refractivity contribution >= 4 is 0 Å². The largest absolute Gasteiger partial charge is 0.377 e. The van der Waals surface area contributed by atoms with Gasteiger partial charge in [-0.15, -0.1) is 0 Å². The van der Waals surface area contributed by atoms with Crippen LogP contribution in [0.3, 0.4) is 0 Å². The maximum Gasteiger partial charge on any atom is 0.0741 e. The van der Waals surface area contributed by atoms with Crippen molar-refractivity contribution in [3.63, 3.8) is 0 Å². The number of rotatable bonds is 7. The maximum absolute atomic E-state index is 5.70. The van der Waals surface area contributed by atoms with Crippen LogP contribution in [0.2, 0.25) is 0 Å². The topological polar surface area (TPSA) is 47.3 Å². The van der Waals surface area contributed by atoms with E-state index in [0.29, 0.717) is 0 Å². The molecule has 0 bridgehead atoms. The zero-order chi connectivity index (χ0) is 12.7. The van der Waals surface area contributed by atoms with Crippen molar-refractivity contribution in [2.75, 3.05) is 6.61 Å². The Morgan fingerprint density at radius 3 is 2.35 bits per heavy atom. The number of hydrazine groups is 1. The van der Waals surface area contributed by atoms with Gasteiger partial charge in [0.15, 0.2) is 0 Å². The van der Waals surface area contributed by atoms with Crippen molar-refractivity contribution in [3.05, 3.63) is 35.4 Å². The fourth-order valence-corrected chi connectivity index (χ4v) is 2.01. The molecule has 1 rings (SSSR count). The molecule has 1 aromatic rings. The summed E-state index contributed by atoms with van der Waals surface area (Å²) in [7, 11) is 0. The number of nitrogens with two attached hydrogens (primary N) is 1. The number of benzene rings is 1. The Hall–Kier alpha value is -0.900. The molecule has 96 valence electrons. The molecule has 0 amide bonds. The van der Waals surface area contributed by atoms with E-state index < -0.39 is 0 Å². The van der Waals surface area contributed by atoms with Crippen molar-refractivity contribution < 1.29 is 4.74 Å². The van der Waals surface area contributed by atoms with Gasteiger partial charge in [0.2, 0.25) is 0 Å². The van der Waals surface area contributed by atoms with E-state index in [2.05, 4.69) is 43.5 Å². The minimum atomic E-state index is 0.169. The van der Waals surface area contributed by atoms with Crippen LogP contribution in [0.25, 0.3) is 0 Å². The summed E-state index contributed by atoms with van der Waals surface area (Å²) in [5.74, 6) is 5.63. The van der Waals surface area contributed by atoms with Gasteiger partial charge in [-0.2, -0.15) is 0 Å². The third-order valence-electron chi connectivity index (χ3n) is 3.02. The summed E-state index contributed by atoms with van der Waals surface area (Å²) in [5, 5.41) is 0. The summed E-state index contributed by atoms with van der Waals surface area (Å²) in [5.41, 5.74) is 5.45. The Morgan fingerprint density at radius 2 is 1.88 bits per heavy atom. The van der Waals surface area contributed by atoms with Gasteiger partial charge in [0.25, 0.3) is 0 Å².